The number of carbonyl (C=O) groups is 1. The fraction of sp³-hybridized carbons (Fsp3) is 0.167. The highest BCUT2D eigenvalue weighted by molar-refractivity contribution is 9.10. The lowest BCUT2D eigenvalue weighted by Crippen LogP contribution is -2.32. The predicted octanol–water partition coefficient (Wildman–Crippen LogP) is 2.37. The van der Waals surface area contributed by atoms with Crippen LogP contribution < -0.4 is 5.73 Å². The van der Waals surface area contributed by atoms with E-state index in [0.29, 0.717) is 0 Å². The van der Waals surface area contributed by atoms with Gasteiger partial charge in [0.2, 0.25) is 0 Å². The van der Waals surface area contributed by atoms with Crippen LogP contribution in [0.4, 0.5) is 0 Å². The van der Waals surface area contributed by atoms with Crippen molar-refractivity contribution < 1.29 is 9.90 Å². The predicted molar refractivity (Wildman–Crippen MR) is 76.0 cm³/mol. The molecule has 6 heteroatoms. The molecular formula is C12H12BrClN2O2. The Balaban J connectivity index is 0.00000162. The standard InChI is InChI=1S/C12H11BrN2O2.ClH/c13-9-4-3-7(6-10(14)12(16)17)11-8(9)2-1-5-15-11;/h1-5,10H,6,14H2,(H,16,17);1H. The molecule has 1 aromatic carbocycles. The van der Waals surface area contributed by atoms with Gasteiger partial charge >= 0.3 is 5.97 Å². The minimum atomic E-state index is -1.00. The van der Waals surface area contributed by atoms with E-state index in [1.165, 1.54) is 0 Å². The molecule has 1 aromatic heterocycles. The zero-order chi connectivity index (χ0) is 12.4. The highest BCUT2D eigenvalue weighted by Crippen LogP contribution is 2.25. The maximum absolute atomic E-state index is 10.8. The molecule has 18 heavy (non-hydrogen) atoms. The number of hydrogen-bond acceptors (Lipinski definition) is 3. The van der Waals surface area contributed by atoms with Gasteiger partial charge in [0.1, 0.15) is 6.04 Å². The number of benzene rings is 1. The Hall–Kier alpha value is -1.17. The SMILES string of the molecule is Cl.NC(Cc1ccc(Br)c2cccnc12)C(=O)O. The van der Waals surface area contributed by atoms with Crippen LogP contribution in [0.15, 0.2) is 34.9 Å². The molecule has 0 saturated carbocycles. The van der Waals surface area contributed by atoms with Crippen molar-refractivity contribution in [2.75, 3.05) is 0 Å². The summed E-state index contributed by atoms with van der Waals surface area (Å²) in [6.45, 7) is 0. The Bertz CT molecular complexity index is 577. The van der Waals surface area contributed by atoms with Gasteiger partial charge in [-0.15, -0.1) is 12.4 Å². The molecule has 1 heterocycles. The van der Waals surface area contributed by atoms with Crippen LogP contribution in [0.1, 0.15) is 5.56 Å². The van der Waals surface area contributed by atoms with Crippen molar-refractivity contribution in [1.82, 2.24) is 4.98 Å². The first-order valence-electron chi connectivity index (χ1n) is 5.10. The van der Waals surface area contributed by atoms with Gasteiger partial charge in [-0.1, -0.05) is 28.1 Å². The van der Waals surface area contributed by atoms with E-state index in [2.05, 4.69) is 20.9 Å². The zero-order valence-corrected chi connectivity index (χ0v) is 11.7. The van der Waals surface area contributed by atoms with Crippen molar-refractivity contribution in [2.45, 2.75) is 12.5 Å². The molecule has 2 aromatic rings. The summed E-state index contributed by atoms with van der Waals surface area (Å²) in [4.78, 5) is 15.0. The summed E-state index contributed by atoms with van der Waals surface area (Å²) in [6.07, 6.45) is 1.96. The van der Waals surface area contributed by atoms with E-state index in [1.807, 2.05) is 24.3 Å². The number of pyridine rings is 1. The third-order valence-corrected chi connectivity index (χ3v) is 3.25. The van der Waals surface area contributed by atoms with Crippen LogP contribution in [0.2, 0.25) is 0 Å². The van der Waals surface area contributed by atoms with E-state index >= 15 is 0 Å². The minimum Gasteiger partial charge on any atom is -0.480 e. The number of aromatic nitrogens is 1. The minimum absolute atomic E-state index is 0. The maximum atomic E-state index is 10.8. The number of carboxylic acids is 1. The van der Waals surface area contributed by atoms with Crippen molar-refractivity contribution in [1.29, 1.82) is 0 Å². The molecule has 2 rings (SSSR count). The lowest BCUT2D eigenvalue weighted by Gasteiger charge is -2.09. The van der Waals surface area contributed by atoms with Crippen molar-refractivity contribution >= 4 is 45.2 Å². The summed E-state index contributed by atoms with van der Waals surface area (Å²) in [6, 6.07) is 6.60. The molecule has 0 aliphatic carbocycles. The van der Waals surface area contributed by atoms with E-state index in [9.17, 15) is 4.79 Å². The molecule has 1 unspecified atom stereocenters. The van der Waals surface area contributed by atoms with Crippen LogP contribution in [-0.2, 0) is 11.2 Å². The normalized spacial score (nSPS) is 11.9. The lowest BCUT2D eigenvalue weighted by molar-refractivity contribution is -0.138. The summed E-state index contributed by atoms with van der Waals surface area (Å²) in [7, 11) is 0. The Morgan fingerprint density at radius 1 is 1.44 bits per heavy atom. The average molecular weight is 332 g/mol. The highest BCUT2D eigenvalue weighted by Gasteiger charge is 2.14. The molecule has 0 saturated heterocycles. The Labute approximate surface area is 119 Å². The summed E-state index contributed by atoms with van der Waals surface area (Å²) >= 11 is 3.44. The molecule has 0 fully saturated rings. The van der Waals surface area contributed by atoms with Crippen molar-refractivity contribution in [2.24, 2.45) is 5.73 Å². The molecule has 0 bridgehead atoms. The Kier molecular flexibility index (Phi) is 5.07. The molecular weight excluding hydrogens is 320 g/mol. The van der Waals surface area contributed by atoms with Crippen LogP contribution >= 0.6 is 28.3 Å². The van der Waals surface area contributed by atoms with E-state index in [0.717, 1.165) is 20.9 Å². The van der Waals surface area contributed by atoms with Crippen LogP contribution in [0.3, 0.4) is 0 Å². The molecule has 0 amide bonds. The highest BCUT2D eigenvalue weighted by atomic mass is 79.9. The van der Waals surface area contributed by atoms with Crippen LogP contribution in [0, 0.1) is 0 Å². The number of rotatable bonds is 3. The molecule has 1 atom stereocenters. The van der Waals surface area contributed by atoms with Crippen molar-refractivity contribution in [3.63, 3.8) is 0 Å². The number of carboxylic acid groups (broad SMARTS) is 1. The second-order valence-corrected chi connectivity index (χ2v) is 4.61. The van der Waals surface area contributed by atoms with Gasteiger partial charge in [0.15, 0.2) is 0 Å². The monoisotopic (exact) mass is 330 g/mol. The maximum Gasteiger partial charge on any atom is 0.320 e. The molecule has 3 N–H and O–H groups in total. The number of hydrogen-bond donors (Lipinski definition) is 2. The van der Waals surface area contributed by atoms with E-state index in [4.69, 9.17) is 10.8 Å². The second kappa shape index (κ2) is 6.13. The fourth-order valence-corrected chi connectivity index (χ4v) is 2.14. The van der Waals surface area contributed by atoms with E-state index < -0.39 is 12.0 Å². The first-order valence-corrected chi connectivity index (χ1v) is 5.89. The number of halogens is 2. The third kappa shape index (κ3) is 2.98. The van der Waals surface area contributed by atoms with Gasteiger partial charge < -0.3 is 10.8 Å². The Morgan fingerprint density at radius 3 is 2.83 bits per heavy atom. The van der Waals surface area contributed by atoms with Gasteiger partial charge in [-0.2, -0.15) is 0 Å². The third-order valence-electron chi connectivity index (χ3n) is 2.56. The first kappa shape index (κ1) is 14.9. The topological polar surface area (TPSA) is 76.2 Å². The number of fused-ring (bicyclic) bond motifs is 1. The zero-order valence-electron chi connectivity index (χ0n) is 9.34. The van der Waals surface area contributed by atoms with Gasteiger partial charge in [-0.25, -0.2) is 0 Å². The number of nitrogens with two attached hydrogens (primary N) is 1. The molecule has 4 nitrogen and oxygen atoms in total. The smallest absolute Gasteiger partial charge is 0.320 e. The van der Waals surface area contributed by atoms with Crippen LogP contribution in [-0.4, -0.2) is 22.1 Å². The summed E-state index contributed by atoms with van der Waals surface area (Å²) in [5.41, 5.74) is 7.17. The molecule has 96 valence electrons. The summed E-state index contributed by atoms with van der Waals surface area (Å²) < 4.78 is 0.938. The van der Waals surface area contributed by atoms with Gasteiger partial charge in [0, 0.05) is 22.5 Å². The van der Waals surface area contributed by atoms with Crippen LogP contribution in [0.25, 0.3) is 10.9 Å². The quantitative estimate of drug-likeness (QED) is 0.905. The number of aliphatic carboxylic acids is 1. The van der Waals surface area contributed by atoms with E-state index in [-0.39, 0.29) is 18.8 Å². The summed E-state index contributed by atoms with van der Waals surface area (Å²) in [5.74, 6) is -1.00. The fourth-order valence-electron chi connectivity index (χ4n) is 1.69. The molecule has 0 aliphatic heterocycles. The van der Waals surface area contributed by atoms with Gasteiger partial charge in [-0.05, 0) is 17.7 Å². The Morgan fingerprint density at radius 2 is 2.17 bits per heavy atom. The van der Waals surface area contributed by atoms with Crippen molar-refractivity contribution in [3.8, 4) is 0 Å². The molecule has 0 aliphatic rings. The van der Waals surface area contributed by atoms with Crippen molar-refractivity contribution in [3.05, 3.63) is 40.5 Å². The van der Waals surface area contributed by atoms with Gasteiger partial charge in [0.05, 0.1) is 5.52 Å². The molecule has 0 radical (unpaired) electrons. The van der Waals surface area contributed by atoms with E-state index in [1.54, 1.807) is 6.20 Å². The van der Waals surface area contributed by atoms with Gasteiger partial charge in [0.25, 0.3) is 0 Å². The van der Waals surface area contributed by atoms with Gasteiger partial charge in [-0.3, -0.25) is 9.78 Å². The van der Waals surface area contributed by atoms with Crippen LogP contribution in [0.5, 0.6) is 0 Å². The number of nitrogens with zero attached hydrogens (tertiary/aromatic N) is 1. The average Bonchev–Trinajstić information content (AvgIpc) is 2.33. The summed E-state index contributed by atoms with van der Waals surface area (Å²) in [5, 5.41) is 9.78. The first-order chi connectivity index (χ1) is 8.09. The molecule has 0 spiro atoms. The second-order valence-electron chi connectivity index (χ2n) is 3.75. The largest absolute Gasteiger partial charge is 0.480 e. The lowest BCUT2D eigenvalue weighted by atomic mass is 10.0.